The number of hydrogen-bond acceptors (Lipinski definition) is 2. The fourth-order valence-corrected chi connectivity index (χ4v) is 4.64. The third-order valence-electron chi connectivity index (χ3n) is 7.61. The largest absolute Gasteiger partial charge is 0.311 e. The van der Waals surface area contributed by atoms with Gasteiger partial charge in [-0.05, 0) is 70.3 Å². The van der Waals surface area contributed by atoms with E-state index in [0.717, 1.165) is 38.1 Å². The highest BCUT2D eigenvalue weighted by molar-refractivity contribution is 5.87. The molecule has 0 spiro atoms. The van der Waals surface area contributed by atoms with E-state index in [0.29, 0.717) is 23.2 Å². The zero-order chi connectivity index (χ0) is 19.1. The maximum Gasteiger partial charge on any atom is 0.142 e. The lowest BCUT2D eigenvalue weighted by Gasteiger charge is -2.39. The minimum absolute atomic E-state index is 0.119. The van der Waals surface area contributed by atoms with Gasteiger partial charge in [-0.3, -0.25) is 4.79 Å². The highest BCUT2D eigenvalue weighted by atomic mass is 16.1. The lowest BCUT2D eigenvalue weighted by molar-refractivity contribution is -0.136. The highest BCUT2D eigenvalue weighted by Crippen LogP contribution is 2.41. The molecule has 25 heavy (non-hydrogen) atoms. The maximum atomic E-state index is 13.2. The molecule has 0 bridgehead atoms. The van der Waals surface area contributed by atoms with Crippen molar-refractivity contribution in [2.24, 2.45) is 23.2 Å². The lowest BCUT2D eigenvalue weighted by Crippen LogP contribution is -2.45. The molecule has 0 aromatic carbocycles. The van der Waals surface area contributed by atoms with Crippen LogP contribution in [0.5, 0.6) is 0 Å². The summed E-state index contributed by atoms with van der Waals surface area (Å²) in [5.41, 5.74) is 0.172. The van der Waals surface area contributed by atoms with Crippen LogP contribution in [-0.2, 0) is 4.79 Å². The third-order valence-corrected chi connectivity index (χ3v) is 7.61. The van der Waals surface area contributed by atoms with Crippen LogP contribution < -0.4 is 5.32 Å². The number of Topliss-reactive ketones (excluding diaryl/α,β-unsaturated/α-hetero) is 1. The van der Waals surface area contributed by atoms with Crippen LogP contribution in [0.25, 0.3) is 0 Å². The monoisotopic (exact) mass is 351 g/mol. The summed E-state index contributed by atoms with van der Waals surface area (Å²) in [6.07, 6.45) is 10.4. The Morgan fingerprint density at radius 1 is 1.04 bits per heavy atom. The van der Waals surface area contributed by atoms with Crippen molar-refractivity contribution in [3.05, 3.63) is 0 Å². The number of hydrogen-bond donors (Lipinski definition) is 1. The van der Waals surface area contributed by atoms with Gasteiger partial charge in [0.05, 0.1) is 0 Å². The topological polar surface area (TPSA) is 29.1 Å². The zero-order valence-corrected chi connectivity index (χ0v) is 18.2. The molecule has 2 nitrogen and oxygen atoms in total. The summed E-state index contributed by atoms with van der Waals surface area (Å²) in [5, 5.41) is 3.84. The van der Waals surface area contributed by atoms with E-state index in [-0.39, 0.29) is 5.41 Å². The molecule has 1 saturated carbocycles. The Bertz CT molecular complexity index is 399. The Morgan fingerprint density at radius 3 is 2.08 bits per heavy atom. The zero-order valence-electron chi connectivity index (χ0n) is 18.2. The van der Waals surface area contributed by atoms with E-state index in [1.807, 2.05) is 0 Å². The number of rotatable bonds is 11. The van der Waals surface area contributed by atoms with E-state index < -0.39 is 0 Å². The summed E-state index contributed by atoms with van der Waals surface area (Å²) in [6.45, 7) is 16.9. The van der Waals surface area contributed by atoms with Crippen LogP contribution in [-0.4, -0.2) is 17.9 Å². The fourth-order valence-electron chi connectivity index (χ4n) is 4.64. The van der Waals surface area contributed by atoms with Crippen molar-refractivity contribution < 1.29 is 4.79 Å². The van der Waals surface area contributed by atoms with Crippen LogP contribution in [0.1, 0.15) is 106 Å². The average Bonchev–Trinajstić information content (AvgIpc) is 2.65. The first kappa shape index (κ1) is 22.7. The molecule has 2 heteroatoms. The fraction of sp³-hybridized carbons (Fsp3) is 0.957. The van der Waals surface area contributed by atoms with Crippen molar-refractivity contribution in [2.75, 3.05) is 6.54 Å². The second-order valence-corrected chi connectivity index (χ2v) is 9.21. The first-order valence-electron chi connectivity index (χ1n) is 11.1. The first-order valence-corrected chi connectivity index (χ1v) is 11.1. The maximum absolute atomic E-state index is 13.2. The van der Waals surface area contributed by atoms with Crippen molar-refractivity contribution in [3.8, 4) is 0 Å². The van der Waals surface area contributed by atoms with E-state index in [9.17, 15) is 4.79 Å². The van der Waals surface area contributed by atoms with Crippen LogP contribution in [0.3, 0.4) is 0 Å². The summed E-state index contributed by atoms with van der Waals surface area (Å²) >= 11 is 0. The number of carbonyl (C=O) groups excluding carboxylic acids is 1. The summed E-state index contributed by atoms with van der Waals surface area (Å²) in [4.78, 5) is 13.2. The molecular formula is C23H45NO. The van der Waals surface area contributed by atoms with Gasteiger partial charge in [-0.15, -0.1) is 0 Å². The van der Waals surface area contributed by atoms with Gasteiger partial charge in [0.1, 0.15) is 5.78 Å². The van der Waals surface area contributed by atoms with Crippen molar-refractivity contribution in [1.82, 2.24) is 5.32 Å². The molecule has 0 radical (unpaired) electrons. The summed E-state index contributed by atoms with van der Waals surface area (Å²) in [7, 11) is 0. The predicted molar refractivity (Wildman–Crippen MR) is 110 cm³/mol. The van der Waals surface area contributed by atoms with Crippen LogP contribution >= 0.6 is 0 Å². The quantitative estimate of drug-likeness (QED) is 0.468. The van der Waals surface area contributed by atoms with E-state index in [2.05, 4.69) is 53.8 Å². The minimum atomic E-state index is -0.119. The van der Waals surface area contributed by atoms with Crippen LogP contribution in [0, 0.1) is 23.2 Å². The van der Waals surface area contributed by atoms with Crippen molar-refractivity contribution in [1.29, 1.82) is 0 Å². The molecule has 1 rings (SSSR count). The Morgan fingerprint density at radius 2 is 1.64 bits per heavy atom. The molecule has 0 amide bonds. The Balaban J connectivity index is 2.54. The third kappa shape index (κ3) is 5.81. The first-order chi connectivity index (χ1) is 11.8. The van der Waals surface area contributed by atoms with Gasteiger partial charge in [-0.1, -0.05) is 54.4 Å². The molecule has 0 aromatic heterocycles. The molecule has 1 fully saturated rings. The molecule has 3 atom stereocenters. The lowest BCUT2D eigenvalue weighted by atomic mass is 9.65. The molecule has 0 aliphatic heterocycles. The Hall–Kier alpha value is -0.370. The van der Waals surface area contributed by atoms with Gasteiger partial charge in [-0.25, -0.2) is 0 Å². The highest BCUT2D eigenvalue weighted by Gasteiger charge is 2.41. The number of nitrogens with one attached hydrogen (secondary N) is 1. The average molecular weight is 352 g/mol. The van der Waals surface area contributed by atoms with Crippen LogP contribution in [0.4, 0.5) is 0 Å². The molecule has 3 unspecified atom stereocenters. The van der Waals surface area contributed by atoms with Crippen molar-refractivity contribution in [3.63, 3.8) is 0 Å². The molecule has 0 heterocycles. The van der Waals surface area contributed by atoms with Crippen LogP contribution in [0.15, 0.2) is 0 Å². The molecule has 148 valence electrons. The normalized spacial score (nSPS) is 27.3. The van der Waals surface area contributed by atoms with Gasteiger partial charge in [0.2, 0.25) is 0 Å². The summed E-state index contributed by atoms with van der Waals surface area (Å²) in [5.74, 6) is 2.11. The van der Waals surface area contributed by atoms with E-state index in [1.54, 1.807) is 0 Å². The van der Waals surface area contributed by atoms with Crippen molar-refractivity contribution in [2.45, 2.75) is 112 Å². The second-order valence-electron chi connectivity index (χ2n) is 9.21. The smallest absolute Gasteiger partial charge is 0.142 e. The summed E-state index contributed by atoms with van der Waals surface area (Å²) in [6, 6.07) is 0. The molecule has 0 saturated heterocycles. The minimum Gasteiger partial charge on any atom is -0.311 e. The molecule has 1 aliphatic carbocycles. The SMILES string of the molecule is CCCC(C)(CC)NCC1CCC(C(=O)C(C)(CC)C(C)CC)CC1. The summed E-state index contributed by atoms with van der Waals surface area (Å²) < 4.78 is 0. The van der Waals surface area contributed by atoms with E-state index >= 15 is 0 Å². The molecule has 1 N–H and O–H groups in total. The Kier molecular flexibility index (Phi) is 9.15. The van der Waals surface area contributed by atoms with Gasteiger partial charge in [0.15, 0.2) is 0 Å². The number of ketones is 1. The van der Waals surface area contributed by atoms with Crippen molar-refractivity contribution >= 4 is 5.78 Å². The van der Waals surface area contributed by atoms with Gasteiger partial charge >= 0.3 is 0 Å². The second kappa shape index (κ2) is 10.1. The predicted octanol–water partition coefficient (Wildman–Crippen LogP) is 6.38. The van der Waals surface area contributed by atoms with E-state index in [1.165, 1.54) is 32.1 Å². The number of carbonyl (C=O) groups is 1. The van der Waals surface area contributed by atoms with Gasteiger partial charge < -0.3 is 5.32 Å². The Labute approximate surface area is 157 Å². The van der Waals surface area contributed by atoms with E-state index in [4.69, 9.17) is 0 Å². The van der Waals surface area contributed by atoms with Gasteiger partial charge in [0, 0.05) is 16.9 Å². The van der Waals surface area contributed by atoms with Crippen LogP contribution in [0.2, 0.25) is 0 Å². The standard InChI is InChI=1S/C23H45NO/c1-8-16-22(6,10-3)24-17-19-12-14-20(15-13-19)21(25)23(7,11-4)18(5)9-2/h18-20,24H,8-17H2,1-7H3. The molecule has 0 aromatic rings. The van der Waals surface area contributed by atoms with Gasteiger partial charge in [0.25, 0.3) is 0 Å². The molecule has 1 aliphatic rings. The van der Waals surface area contributed by atoms with Gasteiger partial charge in [-0.2, -0.15) is 0 Å². The molecular weight excluding hydrogens is 306 g/mol.